The summed E-state index contributed by atoms with van der Waals surface area (Å²) >= 11 is 0. The molecule has 1 saturated carbocycles. The second-order valence-electron chi connectivity index (χ2n) is 4.34. The van der Waals surface area contributed by atoms with Crippen LogP contribution in [0.25, 0.3) is 0 Å². The molecule has 0 aromatic heterocycles. The van der Waals surface area contributed by atoms with E-state index in [1.165, 1.54) is 19.5 Å². The van der Waals surface area contributed by atoms with Crippen LogP contribution in [0.3, 0.4) is 0 Å². The van der Waals surface area contributed by atoms with E-state index in [0.29, 0.717) is 0 Å². The van der Waals surface area contributed by atoms with Gasteiger partial charge in [0.05, 0.1) is 0 Å². The summed E-state index contributed by atoms with van der Waals surface area (Å²) in [5, 5.41) is 3.48. The molecule has 1 aromatic carbocycles. The predicted octanol–water partition coefficient (Wildman–Crippen LogP) is 2.01. The fraction of sp³-hybridized carbons (Fsp3) is 0.500. The van der Waals surface area contributed by atoms with Gasteiger partial charge >= 0.3 is 0 Å². The summed E-state index contributed by atoms with van der Waals surface area (Å²) in [4.78, 5) is 0. The molecule has 0 bridgehead atoms. The van der Waals surface area contributed by atoms with Crippen molar-refractivity contribution in [1.82, 2.24) is 5.32 Å². The smallest absolute Gasteiger partial charge is 0.00114 e. The predicted molar refractivity (Wildman–Crippen MR) is 53.6 cm³/mol. The molecular formula is C12H15N. The Kier molecular flexibility index (Phi) is 1.66. The lowest BCUT2D eigenvalue weighted by Gasteiger charge is -2.40. The molecule has 1 heteroatoms. The van der Waals surface area contributed by atoms with Crippen molar-refractivity contribution >= 4 is 0 Å². The van der Waals surface area contributed by atoms with Crippen molar-refractivity contribution in [3.8, 4) is 0 Å². The molecule has 1 nitrogen and oxygen atoms in total. The highest BCUT2D eigenvalue weighted by Crippen LogP contribution is 2.48. The zero-order valence-corrected chi connectivity index (χ0v) is 7.74. The molecule has 2 aliphatic rings. The average molecular weight is 173 g/mol. The zero-order chi connectivity index (χ0) is 8.67. The molecule has 0 spiro atoms. The Morgan fingerprint density at radius 2 is 1.92 bits per heavy atom. The highest BCUT2D eigenvalue weighted by Gasteiger charge is 2.44. The minimum Gasteiger partial charge on any atom is -0.316 e. The Morgan fingerprint density at radius 3 is 2.69 bits per heavy atom. The molecular weight excluding hydrogens is 158 g/mol. The molecule has 13 heavy (non-hydrogen) atoms. The molecule has 0 amide bonds. The number of hydrogen-bond donors (Lipinski definition) is 1. The van der Waals surface area contributed by atoms with Crippen molar-refractivity contribution in [2.24, 2.45) is 11.8 Å². The van der Waals surface area contributed by atoms with Crippen LogP contribution in [0.4, 0.5) is 0 Å². The van der Waals surface area contributed by atoms with Crippen molar-refractivity contribution in [3.63, 3.8) is 0 Å². The Bertz CT molecular complexity index is 293. The molecule has 2 fully saturated rings. The molecule has 1 aliphatic heterocycles. The SMILES string of the molecule is c1ccc([C@@H]2C[C@@H]3CNC[C@@H]32)cc1. The Balaban J connectivity index is 1.81. The van der Waals surface area contributed by atoms with Crippen LogP contribution in [0.2, 0.25) is 0 Å². The van der Waals surface area contributed by atoms with Crippen molar-refractivity contribution in [1.29, 1.82) is 0 Å². The second-order valence-corrected chi connectivity index (χ2v) is 4.34. The van der Waals surface area contributed by atoms with E-state index < -0.39 is 0 Å². The Labute approximate surface area is 79.2 Å². The van der Waals surface area contributed by atoms with E-state index in [1.807, 2.05) is 0 Å². The number of hydrogen-bond acceptors (Lipinski definition) is 1. The van der Waals surface area contributed by atoms with Gasteiger partial charge in [-0.25, -0.2) is 0 Å². The van der Waals surface area contributed by atoms with Gasteiger partial charge in [0.25, 0.3) is 0 Å². The van der Waals surface area contributed by atoms with Gasteiger partial charge in [0.15, 0.2) is 0 Å². The summed E-state index contributed by atoms with van der Waals surface area (Å²) in [5.41, 5.74) is 1.55. The molecule has 1 aliphatic carbocycles. The first-order valence-electron chi connectivity index (χ1n) is 5.21. The summed E-state index contributed by atoms with van der Waals surface area (Å²) in [6, 6.07) is 11.0. The first-order chi connectivity index (χ1) is 6.45. The largest absolute Gasteiger partial charge is 0.316 e. The molecule has 3 atom stereocenters. The fourth-order valence-corrected chi connectivity index (χ4v) is 2.87. The van der Waals surface area contributed by atoms with Crippen LogP contribution >= 0.6 is 0 Å². The van der Waals surface area contributed by atoms with E-state index in [9.17, 15) is 0 Å². The maximum Gasteiger partial charge on any atom is -0.00114 e. The molecule has 68 valence electrons. The van der Waals surface area contributed by atoms with E-state index in [1.54, 1.807) is 5.56 Å². The molecule has 0 radical (unpaired) electrons. The normalized spacial score (nSPS) is 36.8. The Morgan fingerprint density at radius 1 is 1.08 bits per heavy atom. The van der Waals surface area contributed by atoms with Gasteiger partial charge in [0, 0.05) is 0 Å². The van der Waals surface area contributed by atoms with Crippen LogP contribution < -0.4 is 5.32 Å². The van der Waals surface area contributed by atoms with E-state index in [2.05, 4.69) is 35.6 Å². The van der Waals surface area contributed by atoms with Gasteiger partial charge in [-0.3, -0.25) is 0 Å². The molecule has 1 aromatic rings. The van der Waals surface area contributed by atoms with Crippen LogP contribution in [-0.2, 0) is 0 Å². The van der Waals surface area contributed by atoms with Crippen molar-refractivity contribution in [2.45, 2.75) is 12.3 Å². The van der Waals surface area contributed by atoms with E-state index in [4.69, 9.17) is 0 Å². The average Bonchev–Trinajstić information content (AvgIpc) is 2.50. The van der Waals surface area contributed by atoms with Gasteiger partial charge in [0.1, 0.15) is 0 Å². The lowest BCUT2D eigenvalue weighted by molar-refractivity contribution is 0.191. The standard InChI is InChI=1S/C12H15N/c1-2-4-9(5-3-1)11-6-10-7-13-8-12(10)11/h1-5,10-13H,6-8H2/t10-,11+,12+/m1/s1. The van der Waals surface area contributed by atoms with Gasteiger partial charge in [-0.05, 0) is 42.8 Å². The van der Waals surface area contributed by atoms with Gasteiger partial charge in [-0.1, -0.05) is 30.3 Å². The topological polar surface area (TPSA) is 12.0 Å². The minimum absolute atomic E-state index is 0.848. The summed E-state index contributed by atoms with van der Waals surface area (Å²) < 4.78 is 0. The third-order valence-corrected chi connectivity index (χ3v) is 3.69. The highest BCUT2D eigenvalue weighted by atomic mass is 14.9. The zero-order valence-electron chi connectivity index (χ0n) is 7.74. The second kappa shape index (κ2) is 2.85. The summed E-state index contributed by atoms with van der Waals surface area (Å²) in [6.45, 7) is 2.50. The van der Waals surface area contributed by atoms with Crippen molar-refractivity contribution in [3.05, 3.63) is 35.9 Å². The number of rotatable bonds is 1. The number of nitrogens with one attached hydrogen (secondary N) is 1. The minimum atomic E-state index is 0.848. The van der Waals surface area contributed by atoms with Crippen LogP contribution in [0, 0.1) is 11.8 Å². The van der Waals surface area contributed by atoms with E-state index >= 15 is 0 Å². The van der Waals surface area contributed by atoms with Crippen LogP contribution in [-0.4, -0.2) is 13.1 Å². The van der Waals surface area contributed by atoms with Gasteiger partial charge in [-0.2, -0.15) is 0 Å². The molecule has 1 N–H and O–H groups in total. The van der Waals surface area contributed by atoms with Gasteiger partial charge < -0.3 is 5.32 Å². The maximum atomic E-state index is 3.48. The summed E-state index contributed by atoms with van der Waals surface area (Å²) in [6.07, 6.45) is 1.40. The molecule has 1 heterocycles. The fourth-order valence-electron chi connectivity index (χ4n) is 2.87. The van der Waals surface area contributed by atoms with Gasteiger partial charge in [-0.15, -0.1) is 0 Å². The summed E-state index contributed by atoms with van der Waals surface area (Å²) in [7, 11) is 0. The first-order valence-corrected chi connectivity index (χ1v) is 5.21. The van der Waals surface area contributed by atoms with Crippen LogP contribution in [0.5, 0.6) is 0 Å². The molecule has 3 rings (SSSR count). The monoisotopic (exact) mass is 173 g/mol. The quantitative estimate of drug-likeness (QED) is 0.685. The van der Waals surface area contributed by atoms with Crippen LogP contribution in [0.1, 0.15) is 17.9 Å². The molecule has 0 unspecified atom stereocenters. The van der Waals surface area contributed by atoms with E-state index in [-0.39, 0.29) is 0 Å². The first kappa shape index (κ1) is 7.57. The number of fused-ring (bicyclic) bond motifs is 1. The highest BCUT2D eigenvalue weighted by molar-refractivity contribution is 5.24. The molecule has 1 saturated heterocycles. The lowest BCUT2D eigenvalue weighted by Crippen LogP contribution is -2.33. The lowest BCUT2D eigenvalue weighted by atomic mass is 9.64. The third-order valence-electron chi connectivity index (χ3n) is 3.69. The van der Waals surface area contributed by atoms with Crippen LogP contribution in [0.15, 0.2) is 30.3 Å². The summed E-state index contributed by atoms with van der Waals surface area (Å²) in [5.74, 6) is 2.76. The van der Waals surface area contributed by atoms with Gasteiger partial charge in [0.2, 0.25) is 0 Å². The van der Waals surface area contributed by atoms with Crippen molar-refractivity contribution in [2.75, 3.05) is 13.1 Å². The van der Waals surface area contributed by atoms with E-state index in [0.717, 1.165) is 17.8 Å². The third kappa shape index (κ3) is 1.11. The number of benzene rings is 1. The Hall–Kier alpha value is -0.820. The van der Waals surface area contributed by atoms with Crippen molar-refractivity contribution < 1.29 is 0 Å². The maximum absolute atomic E-state index is 3.48.